The van der Waals surface area contributed by atoms with Crippen LogP contribution in [-0.4, -0.2) is 40.5 Å². The van der Waals surface area contributed by atoms with Crippen LogP contribution >= 0.6 is 0 Å². The standard InChI is InChI=1S/C18H25N3O/c1-20-13-17(12-19-20)14-21-10-11-22-18(15-21)9-5-8-16-6-3-2-4-7-16/h2-4,6-7,12-13,18H,5,8-11,14-15H2,1H3. The molecule has 1 saturated heterocycles. The van der Waals surface area contributed by atoms with Crippen LogP contribution in [-0.2, 0) is 24.8 Å². The molecule has 1 aliphatic heterocycles. The maximum Gasteiger partial charge on any atom is 0.0702 e. The Kier molecular flexibility index (Phi) is 5.24. The van der Waals surface area contributed by atoms with Crippen molar-refractivity contribution in [3.05, 3.63) is 53.9 Å². The molecule has 1 aliphatic rings. The summed E-state index contributed by atoms with van der Waals surface area (Å²) in [5.41, 5.74) is 2.71. The molecule has 4 nitrogen and oxygen atoms in total. The minimum absolute atomic E-state index is 0.370. The first kappa shape index (κ1) is 15.3. The van der Waals surface area contributed by atoms with Crippen molar-refractivity contribution in [3.8, 4) is 0 Å². The summed E-state index contributed by atoms with van der Waals surface area (Å²) < 4.78 is 7.79. The summed E-state index contributed by atoms with van der Waals surface area (Å²) in [7, 11) is 1.97. The van der Waals surface area contributed by atoms with Crippen molar-refractivity contribution in [2.75, 3.05) is 19.7 Å². The van der Waals surface area contributed by atoms with Crippen LogP contribution < -0.4 is 0 Å². The molecular formula is C18H25N3O. The molecule has 0 amide bonds. The minimum atomic E-state index is 0.370. The lowest BCUT2D eigenvalue weighted by Crippen LogP contribution is -2.41. The number of hydrogen-bond acceptors (Lipinski definition) is 3. The summed E-state index contributed by atoms with van der Waals surface area (Å²) in [5, 5.41) is 4.24. The molecule has 0 spiro atoms. The second-order valence-corrected chi connectivity index (χ2v) is 6.13. The van der Waals surface area contributed by atoms with E-state index >= 15 is 0 Å². The van der Waals surface area contributed by atoms with Crippen molar-refractivity contribution < 1.29 is 4.74 Å². The van der Waals surface area contributed by atoms with Crippen LogP contribution in [0.3, 0.4) is 0 Å². The van der Waals surface area contributed by atoms with E-state index in [1.165, 1.54) is 17.5 Å². The van der Waals surface area contributed by atoms with E-state index in [0.717, 1.165) is 39.1 Å². The Bertz CT molecular complexity index is 567. The highest BCUT2D eigenvalue weighted by atomic mass is 16.5. The van der Waals surface area contributed by atoms with Crippen LogP contribution in [0.15, 0.2) is 42.7 Å². The van der Waals surface area contributed by atoms with E-state index in [9.17, 15) is 0 Å². The molecule has 4 heteroatoms. The van der Waals surface area contributed by atoms with Gasteiger partial charge in [0.15, 0.2) is 0 Å². The van der Waals surface area contributed by atoms with Crippen LogP contribution in [0.1, 0.15) is 24.0 Å². The number of rotatable bonds is 6. The van der Waals surface area contributed by atoms with Gasteiger partial charge in [0.25, 0.3) is 0 Å². The summed E-state index contributed by atoms with van der Waals surface area (Å²) in [6.07, 6.45) is 7.89. The lowest BCUT2D eigenvalue weighted by molar-refractivity contribution is -0.0355. The number of morpholine rings is 1. The van der Waals surface area contributed by atoms with E-state index in [1.807, 2.05) is 17.9 Å². The smallest absolute Gasteiger partial charge is 0.0702 e. The third-order valence-corrected chi connectivity index (χ3v) is 4.22. The van der Waals surface area contributed by atoms with Crippen molar-refractivity contribution in [1.29, 1.82) is 0 Å². The maximum atomic E-state index is 5.93. The first-order valence-corrected chi connectivity index (χ1v) is 8.15. The van der Waals surface area contributed by atoms with E-state index in [1.54, 1.807) is 0 Å². The van der Waals surface area contributed by atoms with Gasteiger partial charge in [0.2, 0.25) is 0 Å². The molecule has 1 aromatic carbocycles. The summed E-state index contributed by atoms with van der Waals surface area (Å²) >= 11 is 0. The Balaban J connectivity index is 1.42. The minimum Gasteiger partial charge on any atom is -0.376 e. The molecule has 1 aromatic heterocycles. The fraction of sp³-hybridized carbons (Fsp3) is 0.500. The highest BCUT2D eigenvalue weighted by molar-refractivity contribution is 5.14. The number of nitrogens with zero attached hydrogens (tertiary/aromatic N) is 3. The quantitative estimate of drug-likeness (QED) is 0.821. The van der Waals surface area contributed by atoms with E-state index in [4.69, 9.17) is 4.74 Å². The zero-order valence-corrected chi connectivity index (χ0v) is 13.3. The lowest BCUT2D eigenvalue weighted by Gasteiger charge is -2.32. The molecule has 0 saturated carbocycles. The fourth-order valence-corrected chi connectivity index (χ4v) is 3.09. The molecule has 2 aromatic rings. The highest BCUT2D eigenvalue weighted by Gasteiger charge is 2.20. The second kappa shape index (κ2) is 7.56. The molecule has 0 radical (unpaired) electrons. The van der Waals surface area contributed by atoms with E-state index in [-0.39, 0.29) is 0 Å². The molecular weight excluding hydrogens is 274 g/mol. The van der Waals surface area contributed by atoms with Gasteiger partial charge >= 0.3 is 0 Å². The predicted octanol–water partition coefficient (Wildman–Crippen LogP) is 2.64. The largest absolute Gasteiger partial charge is 0.376 e. The van der Waals surface area contributed by atoms with Crippen LogP contribution in [0, 0.1) is 0 Å². The summed E-state index contributed by atoms with van der Waals surface area (Å²) in [6.45, 7) is 3.87. The van der Waals surface area contributed by atoms with Gasteiger partial charge in [-0.05, 0) is 24.8 Å². The Hall–Kier alpha value is -1.65. The Labute approximate surface area is 132 Å². The fourth-order valence-electron chi connectivity index (χ4n) is 3.09. The van der Waals surface area contributed by atoms with Gasteiger partial charge in [-0.1, -0.05) is 30.3 Å². The number of aromatic nitrogens is 2. The SMILES string of the molecule is Cn1cc(CN2CCOC(CCCc3ccccc3)C2)cn1. The molecule has 2 heterocycles. The monoisotopic (exact) mass is 299 g/mol. The highest BCUT2D eigenvalue weighted by Crippen LogP contribution is 2.15. The van der Waals surface area contributed by atoms with Crippen molar-refractivity contribution in [3.63, 3.8) is 0 Å². The predicted molar refractivity (Wildman–Crippen MR) is 87.6 cm³/mol. The van der Waals surface area contributed by atoms with Gasteiger partial charge < -0.3 is 4.74 Å². The van der Waals surface area contributed by atoms with E-state index in [2.05, 4.69) is 46.5 Å². The van der Waals surface area contributed by atoms with Crippen LogP contribution in [0.4, 0.5) is 0 Å². The van der Waals surface area contributed by atoms with Gasteiger partial charge in [0.1, 0.15) is 0 Å². The summed E-state index contributed by atoms with van der Waals surface area (Å²) in [4.78, 5) is 2.48. The van der Waals surface area contributed by atoms with Gasteiger partial charge in [-0.2, -0.15) is 5.10 Å². The average Bonchev–Trinajstić information content (AvgIpc) is 2.94. The molecule has 1 fully saturated rings. The van der Waals surface area contributed by atoms with Gasteiger partial charge in [-0.25, -0.2) is 0 Å². The zero-order valence-electron chi connectivity index (χ0n) is 13.3. The number of benzene rings is 1. The molecule has 0 aliphatic carbocycles. The number of aryl methyl sites for hydroxylation is 2. The maximum absolute atomic E-state index is 5.93. The number of ether oxygens (including phenoxy) is 1. The first-order valence-electron chi connectivity index (χ1n) is 8.15. The normalized spacial score (nSPS) is 19.4. The second-order valence-electron chi connectivity index (χ2n) is 6.13. The van der Waals surface area contributed by atoms with Gasteiger partial charge in [-0.15, -0.1) is 0 Å². The lowest BCUT2D eigenvalue weighted by atomic mass is 10.0. The third-order valence-electron chi connectivity index (χ3n) is 4.22. The Morgan fingerprint density at radius 2 is 2.09 bits per heavy atom. The molecule has 3 rings (SSSR count). The molecule has 0 N–H and O–H groups in total. The van der Waals surface area contributed by atoms with Gasteiger partial charge in [-0.3, -0.25) is 9.58 Å². The van der Waals surface area contributed by atoms with Crippen molar-refractivity contribution >= 4 is 0 Å². The van der Waals surface area contributed by atoms with Crippen molar-refractivity contribution in [1.82, 2.24) is 14.7 Å². The summed E-state index contributed by atoms with van der Waals surface area (Å²) in [6, 6.07) is 10.7. The molecule has 1 unspecified atom stereocenters. The van der Waals surface area contributed by atoms with E-state index < -0.39 is 0 Å². The van der Waals surface area contributed by atoms with E-state index in [0.29, 0.717) is 6.10 Å². The van der Waals surface area contributed by atoms with Gasteiger partial charge in [0.05, 0.1) is 18.9 Å². The molecule has 22 heavy (non-hydrogen) atoms. The molecule has 118 valence electrons. The topological polar surface area (TPSA) is 30.3 Å². The number of hydrogen-bond donors (Lipinski definition) is 0. The first-order chi connectivity index (χ1) is 10.8. The van der Waals surface area contributed by atoms with Crippen LogP contribution in [0.2, 0.25) is 0 Å². The van der Waals surface area contributed by atoms with Crippen LogP contribution in [0.25, 0.3) is 0 Å². The van der Waals surface area contributed by atoms with Crippen molar-refractivity contribution in [2.24, 2.45) is 7.05 Å². The van der Waals surface area contributed by atoms with Crippen molar-refractivity contribution in [2.45, 2.75) is 31.9 Å². The average molecular weight is 299 g/mol. The van der Waals surface area contributed by atoms with Crippen LogP contribution in [0.5, 0.6) is 0 Å². The van der Waals surface area contributed by atoms with Gasteiger partial charge in [0, 0.05) is 38.4 Å². The molecule has 0 bridgehead atoms. The molecule has 1 atom stereocenters. The zero-order chi connectivity index (χ0) is 15.2. The summed E-state index contributed by atoms with van der Waals surface area (Å²) in [5.74, 6) is 0. The Morgan fingerprint density at radius 3 is 2.86 bits per heavy atom. The third kappa shape index (κ3) is 4.42. The Morgan fingerprint density at radius 1 is 1.23 bits per heavy atom.